The standard InChI is InChI=1S/C18H20N4O3S/c1-12-3-5-14(6-4-12)9-22-15(10-23)8-19-18(22)26-11-17(24)20-16-7-13(2)25-21-16/h3-8,23H,9-11H2,1-2H3,(H,20,21,24). The lowest BCUT2D eigenvalue weighted by molar-refractivity contribution is -0.113. The van der Waals surface area contributed by atoms with E-state index in [0.29, 0.717) is 29.0 Å². The van der Waals surface area contributed by atoms with Crippen LogP contribution in [0, 0.1) is 13.8 Å². The fourth-order valence-corrected chi connectivity index (χ4v) is 3.21. The van der Waals surface area contributed by atoms with Gasteiger partial charge in [-0.25, -0.2) is 4.98 Å². The van der Waals surface area contributed by atoms with Crippen LogP contribution >= 0.6 is 11.8 Å². The molecule has 0 unspecified atom stereocenters. The van der Waals surface area contributed by atoms with Crippen LogP contribution in [0.4, 0.5) is 5.82 Å². The summed E-state index contributed by atoms with van der Waals surface area (Å²) in [6.07, 6.45) is 1.63. The van der Waals surface area contributed by atoms with E-state index >= 15 is 0 Å². The summed E-state index contributed by atoms with van der Waals surface area (Å²) in [7, 11) is 0. The molecule has 7 nitrogen and oxygen atoms in total. The molecule has 0 spiro atoms. The Hall–Kier alpha value is -2.58. The highest BCUT2D eigenvalue weighted by molar-refractivity contribution is 7.99. The summed E-state index contributed by atoms with van der Waals surface area (Å²) in [6, 6.07) is 9.84. The van der Waals surface area contributed by atoms with E-state index in [-0.39, 0.29) is 18.3 Å². The van der Waals surface area contributed by atoms with E-state index in [1.54, 1.807) is 19.2 Å². The number of hydrogen-bond donors (Lipinski definition) is 2. The minimum absolute atomic E-state index is 0.107. The molecule has 3 rings (SSSR count). The van der Waals surface area contributed by atoms with Gasteiger partial charge in [0.2, 0.25) is 5.91 Å². The number of aliphatic hydroxyl groups excluding tert-OH is 1. The van der Waals surface area contributed by atoms with Crippen LogP contribution in [-0.4, -0.2) is 31.5 Å². The molecule has 2 N–H and O–H groups in total. The third-order valence-electron chi connectivity index (χ3n) is 3.75. The normalized spacial score (nSPS) is 10.9. The summed E-state index contributed by atoms with van der Waals surface area (Å²) in [5, 5.41) is 16.7. The first-order chi connectivity index (χ1) is 12.5. The van der Waals surface area contributed by atoms with Crippen molar-refractivity contribution in [1.29, 1.82) is 0 Å². The number of thioether (sulfide) groups is 1. The van der Waals surface area contributed by atoms with E-state index in [1.807, 2.05) is 35.8 Å². The molecule has 0 fully saturated rings. The largest absolute Gasteiger partial charge is 0.390 e. The summed E-state index contributed by atoms with van der Waals surface area (Å²) in [5.41, 5.74) is 3.00. The molecule has 0 radical (unpaired) electrons. The van der Waals surface area contributed by atoms with Gasteiger partial charge in [-0.15, -0.1) is 0 Å². The molecule has 0 saturated heterocycles. The molecule has 1 amide bonds. The van der Waals surface area contributed by atoms with Gasteiger partial charge in [0.15, 0.2) is 11.0 Å². The predicted molar refractivity (Wildman–Crippen MR) is 99.0 cm³/mol. The van der Waals surface area contributed by atoms with Crippen LogP contribution < -0.4 is 5.32 Å². The van der Waals surface area contributed by atoms with Crippen molar-refractivity contribution >= 4 is 23.5 Å². The SMILES string of the molecule is Cc1ccc(Cn2c(CO)cnc2SCC(=O)Nc2cc(C)on2)cc1. The van der Waals surface area contributed by atoms with Gasteiger partial charge in [0.1, 0.15) is 5.76 Å². The van der Waals surface area contributed by atoms with E-state index in [0.717, 1.165) is 5.56 Å². The number of nitrogens with zero attached hydrogens (tertiary/aromatic N) is 3. The van der Waals surface area contributed by atoms with E-state index in [1.165, 1.54) is 17.3 Å². The van der Waals surface area contributed by atoms with Gasteiger partial charge in [0.05, 0.1) is 24.3 Å². The Bertz CT molecular complexity index is 886. The fraction of sp³-hybridized carbons (Fsp3) is 0.278. The zero-order chi connectivity index (χ0) is 18.5. The molecule has 0 aliphatic heterocycles. The number of hydrogen-bond acceptors (Lipinski definition) is 6. The highest BCUT2D eigenvalue weighted by Crippen LogP contribution is 2.21. The molecule has 8 heteroatoms. The Morgan fingerprint density at radius 2 is 2.08 bits per heavy atom. The maximum absolute atomic E-state index is 12.1. The quantitative estimate of drug-likeness (QED) is 0.620. The second kappa shape index (κ2) is 8.20. The van der Waals surface area contributed by atoms with Gasteiger partial charge in [-0.2, -0.15) is 0 Å². The number of aromatic nitrogens is 3. The minimum atomic E-state index is -0.196. The van der Waals surface area contributed by atoms with Gasteiger partial charge in [0.25, 0.3) is 0 Å². The zero-order valence-electron chi connectivity index (χ0n) is 14.6. The van der Waals surface area contributed by atoms with Crippen molar-refractivity contribution in [3.8, 4) is 0 Å². The van der Waals surface area contributed by atoms with E-state index in [2.05, 4.69) is 15.5 Å². The van der Waals surface area contributed by atoms with Gasteiger partial charge in [-0.3, -0.25) is 4.79 Å². The fourth-order valence-electron chi connectivity index (χ4n) is 2.41. The number of carbonyl (C=O) groups is 1. The molecule has 2 aromatic heterocycles. The smallest absolute Gasteiger partial charge is 0.236 e. The maximum Gasteiger partial charge on any atom is 0.236 e. The number of amides is 1. The van der Waals surface area contributed by atoms with Crippen LogP contribution in [0.15, 0.2) is 46.2 Å². The predicted octanol–water partition coefficient (Wildman–Crippen LogP) is 2.76. The third kappa shape index (κ3) is 4.53. The number of carbonyl (C=O) groups excluding carboxylic acids is 1. The van der Waals surface area contributed by atoms with Gasteiger partial charge >= 0.3 is 0 Å². The number of nitrogens with one attached hydrogen (secondary N) is 1. The average molecular weight is 372 g/mol. The lowest BCUT2D eigenvalue weighted by Gasteiger charge is -2.11. The molecule has 26 heavy (non-hydrogen) atoms. The summed E-state index contributed by atoms with van der Waals surface area (Å²) in [4.78, 5) is 16.4. The second-order valence-electron chi connectivity index (χ2n) is 5.92. The Morgan fingerprint density at radius 1 is 1.31 bits per heavy atom. The van der Waals surface area contributed by atoms with Crippen LogP contribution in [0.5, 0.6) is 0 Å². The van der Waals surface area contributed by atoms with Crippen LogP contribution in [-0.2, 0) is 17.9 Å². The van der Waals surface area contributed by atoms with Crippen molar-refractivity contribution in [1.82, 2.24) is 14.7 Å². The first-order valence-electron chi connectivity index (χ1n) is 8.12. The van der Waals surface area contributed by atoms with Crippen LogP contribution in [0.2, 0.25) is 0 Å². The maximum atomic E-state index is 12.1. The van der Waals surface area contributed by atoms with Crippen molar-refractivity contribution in [3.05, 3.63) is 59.1 Å². The molecule has 2 heterocycles. The van der Waals surface area contributed by atoms with Crippen molar-refractivity contribution in [2.45, 2.75) is 32.2 Å². The first kappa shape index (κ1) is 18.2. The molecule has 1 aromatic carbocycles. The molecular weight excluding hydrogens is 352 g/mol. The summed E-state index contributed by atoms with van der Waals surface area (Å²) in [5.74, 6) is 1.02. The number of imidazole rings is 1. The van der Waals surface area contributed by atoms with Gasteiger partial charge in [0, 0.05) is 12.6 Å². The number of aryl methyl sites for hydroxylation is 2. The molecule has 3 aromatic rings. The van der Waals surface area contributed by atoms with Crippen molar-refractivity contribution in [2.75, 3.05) is 11.1 Å². The molecule has 0 atom stereocenters. The summed E-state index contributed by atoms with van der Waals surface area (Å²) < 4.78 is 6.84. The second-order valence-corrected chi connectivity index (χ2v) is 6.86. The molecule has 0 bridgehead atoms. The highest BCUT2D eigenvalue weighted by Gasteiger charge is 2.13. The average Bonchev–Trinajstić information content (AvgIpc) is 3.21. The molecular formula is C18H20N4O3S. The number of benzene rings is 1. The van der Waals surface area contributed by atoms with E-state index in [4.69, 9.17) is 4.52 Å². The lowest BCUT2D eigenvalue weighted by Crippen LogP contribution is -2.15. The van der Waals surface area contributed by atoms with Crippen LogP contribution in [0.3, 0.4) is 0 Å². The summed E-state index contributed by atoms with van der Waals surface area (Å²) >= 11 is 1.31. The number of rotatable bonds is 7. The lowest BCUT2D eigenvalue weighted by atomic mass is 10.1. The monoisotopic (exact) mass is 372 g/mol. The molecule has 0 aliphatic carbocycles. The molecule has 0 saturated carbocycles. The van der Waals surface area contributed by atoms with Crippen LogP contribution in [0.1, 0.15) is 22.6 Å². The Labute approximate surface area is 155 Å². The Kier molecular flexibility index (Phi) is 5.75. The van der Waals surface area contributed by atoms with Crippen molar-refractivity contribution < 1.29 is 14.4 Å². The van der Waals surface area contributed by atoms with Gasteiger partial charge < -0.3 is 19.5 Å². The van der Waals surface area contributed by atoms with E-state index < -0.39 is 0 Å². The number of aliphatic hydroxyl groups is 1. The number of anilines is 1. The van der Waals surface area contributed by atoms with Crippen LogP contribution in [0.25, 0.3) is 0 Å². The van der Waals surface area contributed by atoms with Gasteiger partial charge in [-0.1, -0.05) is 46.7 Å². The Morgan fingerprint density at radius 3 is 2.73 bits per heavy atom. The zero-order valence-corrected chi connectivity index (χ0v) is 15.4. The van der Waals surface area contributed by atoms with Crippen molar-refractivity contribution in [2.24, 2.45) is 0 Å². The topological polar surface area (TPSA) is 93.2 Å². The van der Waals surface area contributed by atoms with Gasteiger partial charge in [-0.05, 0) is 19.4 Å². The highest BCUT2D eigenvalue weighted by atomic mass is 32.2. The third-order valence-corrected chi connectivity index (χ3v) is 4.74. The first-order valence-corrected chi connectivity index (χ1v) is 9.10. The summed E-state index contributed by atoms with van der Waals surface area (Å²) in [6.45, 7) is 4.28. The molecule has 0 aliphatic rings. The Balaban J connectivity index is 1.66. The van der Waals surface area contributed by atoms with E-state index in [9.17, 15) is 9.90 Å². The molecule has 136 valence electrons. The van der Waals surface area contributed by atoms with Crippen molar-refractivity contribution in [3.63, 3.8) is 0 Å². The minimum Gasteiger partial charge on any atom is -0.390 e.